The number of nitrogens with two attached hydrogens (primary N) is 1. The van der Waals surface area contributed by atoms with Crippen molar-refractivity contribution in [2.75, 3.05) is 20.0 Å². The Bertz CT molecular complexity index is 1640. The van der Waals surface area contributed by atoms with Crippen LogP contribution in [-0.2, 0) is 0 Å². The van der Waals surface area contributed by atoms with E-state index in [1.807, 2.05) is 12.1 Å². The molecule has 0 aliphatic heterocycles. The van der Waals surface area contributed by atoms with Crippen molar-refractivity contribution in [1.82, 2.24) is 9.97 Å². The Morgan fingerprint density at radius 2 is 1.30 bits per heavy atom. The quantitative estimate of drug-likeness (QED) is 0.191. The Morgan fingerprint density at radius 1 is 0.825 bits per heavy atom. The van der Waals surface area contributed by atoms with Gasteiger partial charge in [0.05, 0.1) is 42.4 Å². The Balaban J connectivity index is 0.000000222. The Hall–Kier alpha value is -5.30. The van der Waals surface area contributed by atoms with Gasteiger partial charge in [-0.05, 0) is 36.4 Å². The molecule has 0 aliphatic carbocycles. The molecule has 14 heteroatoms. The molecule has 0 radical (unpaired) electrons. The van der Waals surface area contributed by atoms with E-state index in [4.69, 9.17) is 58.4 Å². The molecule has 0 bridgehead atoms. The molecule has 2 heterocycles. The number of aromatic nitrogens is 2. The zero-order valence-electron chi connectivity index (χ0n) is 20.8. The molecule has 4 aromatic rings. The molecular weight excluding hydrogens is 563 g/mol. The third-order valence-corrected chi connectivity index (χ3v) is 5.23. The number of nitrogen functional groups attached to an aromatic ring is 1. The number of anilines is 1. The van der Waals surface area contributed by atoms with Crippen molar-refractivity contribution in [2.24, 2.45) is 0 Å². The summed E-state index contributed by atoms with van der Waals surface area (Å²) in [6.45, 7) is 0. The third kappa shape index (κ3) is 7.39. The first-order valence-electron chi connectivity index (χ1n) is 10.9. The van der Waals surface area contributed by atoms with Crippen LogP contribution in [0.25, 0.3) is 0 Å². The molecule has 12 nitrogen and oxygen atoms in total. The normalized spacial score (nSPS) is 9.75. The molecule has 2 aromatic heterocycles. The molecule has 2 N–H and O–H groups in total. The summed E-state index contributed by atoms with van der Waals surface area (Å²) in [7, 11) is 2.74. The maximum absolute atomic E-state index is 11.1. The van der Waals surface area contributed by atoms with Gasteiger partial charge in [0.15, 0.2) is 5.75 Å². The Labute approximate surface area is 237 Å². The number of nitro groups is 1. The topological polar surface area (TPSA) is 179 Å². The van der Waals surface area contributed by atoms with Crippen LogP contribution in [0, 0.1) is 32.8 Å². The standard InChI is InChI=1S/C13H8ClN3O4.C13H10ClN3O2/c1-20-13-12(17(18)19)11(2-3-16-13)21-10-5-8(7-15)4-9(14)6-10;1-18-13-12(16)11(2-3-17-13)19-10-5-8(7-15)4-9(14)6-10/h2-6H,1H3;2-6H,16H2,1H3. The summed E-state index contributed by atoms with van der Waals surface area (Å²) < 4.78 is 20.9. The average Bonchev–Trinajstić information content (AvgIpc) is 2.93. The zero-order valence-corrected chi connectivity index (χ0v) is 22.3. The summed E-state index contributed by atoms with van der Waals surface area (Å²) in [6, 6.07) is 15.9. The smallest absolute Gasteiger partial charge is 0.372 e. The molecule has 4 rings (SSSR count). The van der Waals surface area contributed by atoms with Crippen molar-refractivity contribution in [3.05, 3.63) is 92.2 Å². The number of hydrogen-bond donors (Lipinski definition) is 1. The van der Waals surface area contributed by atoms with E-state index in [-0.39, 0.29) is 39.5 Å². The summed E-state index contributed by atoms with van der Waals surface area (Å²) in [5.41, 5.74) is 6.40. The minimum absolute atomic E-state index is 0.0574. The van der Waals surface area contributed by atoms with E-state index >= 15 is 0 Å². The second kappa shape index (κ2) is 13.5. The van der Waals surface area contributed by atoms with Gasteiger partial charge in [0.2, 0.25) is 11.6 Å². The van der Waals surface area contributed by atoms with Gasteiger partial charge in [-0.25, -0.2) is 9.97 Å². The van der Waals surface area contributed by atoms with Crippen LogP contribution in [0.5, 0.6) is 34.8 Å². The predicted molar refractivity (Wildman–Crippen MR) is 145 cm³/mol. The Kier molecular flexibility index (Phi) is 9.86. The van der Waals surface area contributed by atoms with Crippen LogP contribution in [0.15, 0.2) is 60.9 Å². The van der Waals surface area contributed by atoms with Crippen LogP contribution in [0.2, 0.25) is 10.0 Å². The number of nitrogens with zero attached hydrogens (tertiary/aromatic N) is 5. The fourth-order valence-electron chi connectivity index (χ4n) is 3.13. The summed E-state index contributed by atoms with van der Waals surface area (Å²) >= 11 is 11.7. The number of halogens is 2. The fourth-order valence-corrected chi connectivity index (χ4v) is 3.58. The van der Waals surface area contributed by atoms with E-state index in [2.05, 4.69) is 9.97 Å². The van der Waals surface area contributed by atoms with Crippen LogP contribution in [0.1, 0.15) is 11.1 Å². The molecule has 0 unspecified atom stereocenters. The molecule has 0 spiro atoms. The van der Waals surface area contributed by atoms with Crippen molar-refractivity contribution >= 4 is 34.6 Å². The highest BCUT2D eigenvalue weighted by molar-refractivity contribution is 6.31. The second-order valence-corrected chi connectivity index (χ2v) is 8.31. The largest absolute Gasteiger partial charge is 0.479 e. The first kappa shape index (κ1) is 29.3. The van der Waals surface area contributed by atoms with Crippen molar-refractivity contribution in [1.29, 1.82) is 10.5 Å². The van der Waals surface area contributed by atoms with E-state index in [0.717, 1.165) is 0 Å². The lowest BCUT2D eigenvalue weighted by atomic mass is 10.2. The highest BCUT2D eigenvalue weighted by Crippen LogP contribution is 2.38. The summed E-state index contributed by atoms with van der Waals surface area (Å²) in [5.74, 6) is 1.07. The molecule has 40 heavy (non-hydrogen) atoms. The van der Waals surface area contributed by atoms with Crippen LogP contribution >= 0.6 is 23.2 Å². The van der Waals surface area contributed by atoms with Crippen molar-refractivity contribution in [3.8, 4) is 46.9 Å². The minimum Gasteiger partial charge on any atom is -0.479 e. The number of rotatable bonds is 7. The monoisotopic (exact) mass is 580 g/mol. The van der Waals surface area contributed by atoms with E-state index in [1.165, 1.54) is 50.9 Å². The lowest BCUT2D eigenvalue weighted by Crippen LogP contribution is -1.99. The van der Waals surface area contributed by atoms with Crippen LogP contribution in [0.3, 0.4) is 0 Å². The molecular formula is C26H18Cl2N6O6. The van der Waals surface area contributed by atoms with Gasteiger partial charge < -0.3 is 24.7 Å². The number of benzene rings is 2. The molecule has 202 valence electrons. The number of nitriles is 2. The van der Waals surface area contributed by atoms with Gasteiger partial charge in [-0.3, -0.25) is 10.1 Å². The van der Waals surface area contributed by atoms with Gasteiger partial charge in [0.1, 0.15) is 17.2 Å². The lowest BCUT2D eigenvalue weighted by molar-refractivity contribution is -0.386. The molecule has 0 atom stereocenters. The lowest BCUT2D eigenvalue weighted by Gasteiger charge is -2.10. The summed E-state index contributed by atoms with van der Waals surface area (Å²) in [4.78, 5) is 18.1. The number of hydrogen-bond acceptors (Lipinski definition) is 11. The van der Waals surface area contributed by atoms with E-state index < -0.39 is 10.6 Å². The first-order chi connectivity index (χ1) is 19.2. The highest BCUT2D eigenvalue weighted by Gasteiger charge is 2.24. The third-order valence-electron chi connectivity index (χ3n) is 4.79. The highest BCUT2D eigenvalue weighted by atomic mass is 35.5. The maximum Gasteiger partial charge on any atom is 0.372 e. The first-order valence-corrected chi connectivity index (χ1v) is 11.7. The Morgan fingerprint density at radius 3 is 1.77 bits per heavy atom. The van der Waals surface area contributed by atoms with Crippen molar-refractivity contribution in [2.45, 2.75) is 0 Å². The second-order valence-electron chi connectivity index (χ2n) is 7.44. The van der Waals surface area contributed by atoms with Crippen LogP contribution in [0.4, 0.5) is 11.4 Å². The summed E-state index contributed by atoms with van der Waals surface area (Å²) in [5, 5.41) is 29.6. The van der Waals surface area contributed by atoms with E-state index in [0.29, 0.717) is 22.1 Å². The minimum atomic E-state index is -0.656. The van der Waals surface area contributed by atoms with Gasteiger partial charge in [-0.1, -0.05) is 23.2 Å². The fraction of sp³-hybridized carbons (Fsp3) is 0.0769. The van der Waals surface area contributed by atoms with E-state index in [1.54, 1.807) is 24.3 Å². The van der Waals surface area contributed by atoms with Crippen LogP contribution < -0.4 is 24.7 Å². The van der Waals surface area contributed by atoms with Crippen molar-refractivity contribution in [3.63, 3.8) is 0 Å². The molecule has 0 aliphatic rings. The van der Waals surface area contributed by atoms with Gasteiger partial charge in [0, 0.05) is 34.6 Å². The number of ether oxygens (including phenoxy) is 4. The molecule has 0 saturated carbocycles. The van der Waals surface area contributed by atoms with E-state index in [9.17, 15) is 10.1 Å². The van der Waals surface area contributed by atoms with Crippen LogP contribution in [-0.4, -0.2) is 29.1 Å². The SMILES string of the molecule is COc1nccc(Oc2cc(Cl)cc(C#N)c2)c1N.COc1nccc(Oc2cc(Cl)cc(C#N)c2)c1[N+](=O)[O-]. The maximum atomic E-state index is 11.1. The van der Waals surface area contributed by atoms with Gasteiger partial charge in [0.25, 0.3) is 5.88 Å². The number of methoxy groups -OCH3 is 2. The zero-order chi connectivity index (χ0) is 29.2. The van der Waals surface area contributed by atoms with Gasteiger partial charge in [-0.15, -0.1) is 0 Å². The summed E-state index contributed by atoms with van der Waals surface area (Å²) in [6.07, 6.45) is 2.83. The molecule has 2 aromatic carbocycles. The predicted octanol–water partition coefficient (Wildman–Crippen LogP) is 6.31. The average molecular weight is 581 g/mol. The van der Waals surface area contributed by atoms with Gasteiger partial charge in [-0.2, -0.15) is 10.5 Å². The number of pyridine rings is 2. The molecule has 0 saturated heterocycles. The van der Waals surface area contributed by atoms with Crippen molar-refractivity contribution < 1.29 is 23.9 Å². The van der Waals surface area contributed by atoms with Gasteiger partial charge >= 0.3 is 5.69 Å². The molecule has 0 amide bonds. The molecule has 0 fully saturated rings.